The van der Waals surface area contributed by atoms with Crippen molar-refractivity contribution in [3.63, 3.8) is 0 Å². The predicted molar refractivity (Wildman–Crippen MR) is 129 cm³/mol. The Bertz CT molecular complexity index is 1410. The zero-order valence-corrected chi connectivity index (χ0v) is 19.7. The van der Waals surface area contributed by atoms with Gasteiger partial charge in [-0.25, -0.2) is 8.42 Å². The van der Waals surface area contributed by atoms with Crippen LogP contribution in [0, 0.1) is 0 Å². The Morgan fingerprint density at radius 2 is 1.92 bits per heavy atom. The topological polar surface area (TPSA) is 96.5 Å². The molecule has 188 valence electrons. The van der Waals surface area contributed by atoms with E-state index in [9.17, 15) is 21.6 Å². The van der Waals surface area contributed by atoms with Crippen LogP contribution in [0.5, 0.6) is 5.75 Å². The highest BCUT2D eigenvalue weighted by Gasteiger charge is 2.33. The third-order valence-electron chi connectivity index (χ3n) is 5.94. The molecule has 12 heteroatoms. The van der Waals surface area contributed by atoms with E-state index in [0.29, 0.717) is 48.7 Å². The molecule has 3 aromatic rings. The van der Waals surface area contributed by atoms with E-state index in [0.717, 1.165) is 11.6 Å². The van der Waals surface area contributed by atoms with Gasteiger partial charge in [-0.15, -0.1) is 5.10 Å². The van der Waals surface area contributed by atoms with E-state index in [2.05, 4.69) is 20.2 Å². The maximum Gasteiger partial charge on any atom is 0.416 e. The summed E-state index contributed by atoms with van der Waals surface area (Å²) in [5.41, 5.74) is 1.78. The third kappa shape index (κ3) is 4.86. The minimum absolute atomic E-state index is 0.0394. The quantitative estimate of drug-likeness (QED) is 0.524. The molecule has 2 aromatic carbocycles. The monoisotopic (exact) mass is 517 g/mol. The molecular weight excluding hydrogens is 495 g/mol. The summed E-state index contributed by atoms with van der Waals surface area (Å²) in [5.74, 6) is 0.385. The molecule has 0 aliphatic carbocycles. The second-order valence-electron chi connectivity index (χ2n) is 8.26. The highest BCUT2D eigenvalue weighted by Crippen LogP contribution is 2.43. The highest BCUT2D eigenvalue weighted by atomic mass is 32.2. The maximum absolute atomic E-state index is 13.5. The number of nitrogens with one attached hydrogen (secondary N) is 2. The minimum atomic E-state index is -4.47. The van der Waals surface area contributed by atoms with Crippen LogP contribution in [0.2, 0.25) is 0 Å². The standard InChI is InChI=1S/C24H22F3N5O3S/c25-24(26,27)17-3-5-20(19(14-17)16-7-10-28-11-8-16)32-12-13-35-22-15-18(4-6-21(22)32)36(33,34)31-23-2-1-9-29-30-23/h1-7,9,14-15,28H,8,10-13H2,(H,30,31). The number of benzene rings is 2. The van der Waals surface area contributed by atoms with Gasteiger partial charge in [-0.1, -0.05) is 6.08 Å². The zero-order valence-electron chi connectivity index (χ0n) is 18.9. The smallest absolute Gasteiger partial charge is 0.416 e. The van der Waals surface area contributed by atoms with E-state index >= 15 is 0 Å². The van der Waals surface area contributed by atoms with E-state index in [1.807, 2.05) is 11.0 Å². The Morgan fingerprint density at radius 3 is 2.64 bits per heavy atom. The van der Waals surface area contributed by atoms with Crippen LogP contribution >= 0.6 is 0 Å². The number of sulfonamides is 1. The van der Waals surface area contributed by atoms with Crippen molar-refractivity contribution in [3.05, 3.63) is 71.9 Å². The lowest BCUT2D eigenvalue weighted by Crippen LogP contribution is -2.30. The van der Waals surface area contributed by atoms with Crippen LogP contribution in [-0.4, -0.2) is 44.9 Å². The van der Waals surface area contributed by atoms with Crippen molar-refractivity contribution in [2.24, 2.45) is 0 Å². The van der Waals surface area contributed by atoms with E-state index in [1.54, 1.807) is 12.1 Å². The highest BCUT2D eigenvalue weighted by molar-refractivity contribution is 7.92. The van der Waals surface area contributed by atoms with Gasteiger partial charge in [0.05, 0.1) is 22.7 Å². The van der Waals surface area contributed by atoms with Crippen LogP contribution in [0.25, 0.3) is 5.57 Å². The van der Waals surface area contributed by atoms with E-state index in [-0.39, 0.29) is 17.3 Å². The maximum atomic E-state index is 13.5. The lowest BCUT2D eigenvalue weighted by atomic mass is 9.95. The molecule has 0 atom stereocenters. The largest absolute Gasteiger partial charge is 0.489 e. The first-order chi connectivity index (χ1) is 17.2. The molecule has 0 bridgehead atoms. The number of fused-ring (bicyclic) bond motifs is 1. The summed E-state index contributed by atoms with van der Waals surface area (Å²) in [6.07, 6.45) is -0.550. The van der Waals surface area contributed by atoms with Gasteiger partial charge in [0.1, 0.15) is 12.4 Å². The Morgan fingerprint density at radius 1 is 1.08 bits per heavy atom. The number of ether oxygens (including phenoxy) is 1. The molecule has 2 aliphatic heterocycles. The number of rotatable bonds is 5. The number of aromatic nitrogens is 2. The lowest BCUT2D eigenvalue weighted by Gasteiger charge is -2.34. The summed E-state index contributed by atoms with van der Waals surface area (Å²) in [6, 6.07) is 11.2. The molecular formula is C24H22F3N5O3S. The molecule has 0 saturated carbocycles. The summed E-state index contributed by atoms with van der Waals surface area (Å²) in [4.78, 5) is 1.83. The molecule has 0 radical (unpaired) electrons. The zero-order chi connectivity index (χ0) is 25.3. The fraction of sp³-hybridized carbons (Fsp3) is 0.250. The summed E-state index contributed by atoms with van der Waals surface area (Å²) < 4.78 is 74.4. The number of halogens is 3. The van der Waals surface area contributed by atoms with Crippen molar-refractivity contribution in [3.8, 4) is 5.75 Å². The molecule has 0 unspecified atom stereocenters. The third-order valence-corrected chi connectivity index (χ3v) is 7.29. The van der Waals surface area contributed by atoms with Crippen molar-refractivity contribution < 1.29 is 26.3 Å². The Balaban J connectivity index is 1.53. The lowest BCUT2D eigenvalue weighted by molar-refractivity contribution is -0.137. The summed E-state index contributed by atoms with van der Waals surface area (Å²) >= 11 is 0. The Kier molecular flexibility index (Phi) is 6.31. The van der Waals surface area contributed by atoms with E-state index in [4.69, 9.17) is 4.74 Å². The van der Waals surface area contributed by atoms with Gasteiger partial charge in [-0.2, -0.15) is 18.3 Å². The average Bonchev–Trinajstić information content (AvgIpc) is 2.88. The molecule has 2 N–H and O–H groups in total. The van der Waals surface area contributed by atoms with Gasteiger partial charge < -0.3 is 15.0 Å². The average molecular weight is 518 g/mol. The van der Waals surface area contributed by atoms with Crippen molar-refractivity contribution in [1.82, 2.24) is 15.5 Å². The Labute approximate surface area is 205 Å². The summed E-state index contributed by atoms with van der Waals surface area (Å²) in [7, 11) is -3.97. The van der Waals surface area contributed by atoms with Crippen LogP contribution < -0.4 is 19.7 Å². The van der Waals surface area contributed by atoms with E-state index in [1.165, 1.54) is 36.5 Å². The summed E-state index contributed by atoms with van der Waals surface area (Å²) in [6.45, 7) is 1.86. The molecule has 5 rings (SSSR count). The molecule has 0 fully saturated rings. The second-order valence-corrected chi connectivity index (χ2v) is 9.94. The normalized spacial score (nSPS) is 16.1. The number of hydrogen-bond acceptors (Lipinski definition) is 7. The molecule has 2 aliphatic rings. The first kappa shape index (κ1) is 24.1. The molecule has 8 nitrogen and oxygen atoms in total. The molecule has 3 heterocycles. The molecule has 0 spiro atoms. The predicted octanol–water partition coefficient (Wildman–Crippen LogP) is 4.20. The number of hydrogen-bond donors (Lipinski definition) is 2. The van der Waals surface area contributed by atoms with Crippen molar-refractivity contribution in [2.45, 2.75) is 17.5 Å². The van der Waals surface area contributed by atoms with Gasteiger partial charge in [0.15, 0.2) is 5.82 Å². The molecule has 1 aromatic heterocycles. The van der Waals surface area contributed by atoms with Gasteiger partial charge in [0, 0.05) is 30.1 Å². The van der Waals surface area contributed by atoms with Gasteiger partial charge >= 0.3 is 6.18 Å². The van der Waals surface area contributed by atoms with Crippen molar-refractivity contribution in [2.75, 3.05) is 35.9 Å². The van der Waals surface area contributed by atoms with Gasteiger partial charge in [0.25, 0.3) is 10.0 Å². The summed E-state index contributed by atoms with van der Waals surface area (Å²) in [5, 5.41) is 10.6. The number of nitrogens with zero attached hydrogens (tertiary/aromatic N) is 3. The minimum Gasteiger partial charge on any atom is -0.489 e. The first-order valence-corrected chi connectivity index (χ1v) is 12.7. The molecule has 36 heavy (non-hydrogen) atoms. The fourth-order valence-electron chi connectivity index (χ4n) is 4.24. The van der Waals surface area contributed by atoms with Crippen LogP contribution in [-0.2, 0) is 16.2 Å². The second kappa shape index (κ2) is 9.43. The van der Waals surface area contributed by atoms with Gasteiger partial charge in [-0.3, -0.25) is 4.72 Å². The van der Waals surface area contributed by atoms with Gasteiger partial charge in [-0.05, 0) is 61.0 Å². The fourth-order valence-corrected chi connectivity index (χ4v) is 5.25. The van der Waals surface area contributed by atoms with Crippen LogP contribution in [0.15, 0.2) is 65.7 Å². The van der Waals surface area contributed by atoms with Crippen LogP contribution in [0.3, 0.4) is 0 Å². The van der Waals surface area contributed by atoms with Crippen molar-refractivity contribution >= 4 is 32.8 Å². The van der Waals surface area contributed by atoms with Crippen LogP contribution in [0.1, 0.15) is 17.5 Å². The molecule has 0 amide bonds. The van der Waals surface area contributed by atoms with E-state index < -0.39 is 21.8 Å². The Hall–Kier alpha value is -3.64. The SMILES string of the molecule is O=S(=O)(Nc1cccnn1)c1ccc2c(c1)OCCN2c1ccc(C(F)(F)F)cc1C1=CCNCC1. The van der Waals surface area contributed by atoms with Crippen LogP contribution in [0.4, 0.5) is 30.4 Å². The van der Waals surface area contributed by atoms with Gasteiger partial charge in [0.2, 0.25) is 0 Å². The number of alkyl halides is 3. The molecule has 0 saturated heterocycles. The van der Waals surface area contributed by atoms with Crippen molar-refractivity contribution in [1.29, 1.82) is 0 Å². The number of anilines is 3. The first-order valence-electron chi connectivity index (χ1n) is 11.2.